The van der Waals surface area contributed by atoms with E-state index >= 15 is 0 Å². The summed E-state index contributed by atoms with van der Waals surface area (Å²) in [6, 6.07) is 0. The molecular weight excluding hydrogens is 380 g/mol. The van der Waals surface area contributed by atoms with Crippen molar-refractivity contribution in [2.45, 2.75) is 72.8 Å². The molecule has 6 atom stereocenters. The highest BCUT2D eigenvalue weighted by Crippen LogP contribution is 2.59. The quantitative estimate of drug-likeness (QED) is 0.371. The van der Waals surface area contributed by atoms with Gasteiger partial charge in [-0.25, -0.2) is 4.79 Å². The van der Waals surface area contributed by atoms with E-state index < -0.39 is 11.9 Å². The first-order valence-electron chi connectivity index (χ1n) is 11.1. The standard InChI is InChI=1S/C25H36O5/c1-15(2)11-22(27)29-10-8-21-17(12-16(3)26)23(28)19-14-30-24(4,5)20-7-9-25(21,6)13-18(19)20/h8,10-11,17-21H,7,9,12-14H2,1-6H3. The Morgan fingerprint density at radius 1 is 1.20 bits per heavy atom. The van der Waals surface area contributed by atoms with Crippen LogP contribution < -0.4 is 0 Å². The Morgan fingerprint density at radius 3 is 2.53 bits per heavy atom. The maximum atomic E-state index is 13.7. The van der Waals surface area contributed by atoms with Crippen LogP contribution in [0.4, 0.5) is 0 Å². The van der Waals surface area contributed by atoms with Crippen LogP contribution in [0.1, 0.15) is 67.2 Å². The van der Waals surface area contributed by atoms with Crippen molar-refractivity contribution in [1.29, 1.82) is 0 Å². The molecule has 0 amide bonds. The molecule has 1 saturated heterocycles. The summed E-state index contributed by atoms with van der Waals surface area (Å²) in [4.78, 5) is 37.7. The molecule has 0 radical (unpaired) electrons. The molecule has 3 aliphatic rings. The van der Waals surface area contributed by atoms with Crippen LogP contribution >= 0.6 is 0 Å². The van der Waals surface area contributed by atoms with Crippen LogP contribution in [0.15, 0.2) is 24.0 Å². The minimum absolute atomic E-state index is 0.0157. The lowest BCUT2D eigenvalue weighted by Crippen LogP contribution is -2.53. The first-order valence-corrected chi connectivity index (χ1v) is 11.1. The fraction of sp³-hybridized carbons (Fsp3) is 0.720. The average molecular weight is 417 g/mol. The number of hydrogen-bond acceptors (Lipinski definition) is 5. The van der Waals surface area contributed by atoms with Crippen LogP contribution in [0.5, 0.6) is 0 Å². The Balaban J connectivity index is 1.95. The minimum Gasteiger partial charge on any atom is -0.432 e. The Morgan fingerprint density at radius 2 is 1.90 bits per heavy atom. The molecule has 1 heterocycles. The largest absolute Gasteiger partial charge is 0.432 e. The lowest BCUT2D eigenvalue weighted by atomic mass is 9.56. The number of ether oxygens (including phenoxy) is 2. The molecule has 2 bridgehead atoms. The second-order valence-electron chi connectivity index (χ2n) is 10.6. The highest BCUT2D eigenvalue weighted by atomic mass is 16.5. The molecule has 6 unspecified atom stereocenters. The van der Waals surface area contributed by atoms with Gasteiger partial charge in [0.05, 0.1) is 18.5 Å². The number of allylic oxidation sites excluding steroid dienone is 2. The lowest BCUT2D eigenvalue weighted by molar-refractivity contribution is -0.173. The third kappa shape index (κ3) is 4.46. The first-order chi connectivity index (χ1) is 13.9. The van der Waals surface area contributed by atoms with Gasteiger partial charge >= 0.3 is 5.97 Å². The van der Waals surface area contributed by atoms with Gasteiger partial charge in [-0.3, -0.25) is 4.79 Å². The highest BCUT2D eigenvalue weighted by molar-refractivity contribution is 5.90. The molecule has 5 nitrogen and oxygen atoms in total. The number of fused-ring (bicyclic) bond motifs is 1. The van der Waals surface area contributed by atoms with Crippen LogP contribution in [-0.4, -0.2) is 29.7 Å². The summed E-state index contributed by atoms with van der Waals surface area (Å²) in [7, 11) is 0. The average Bonchev–Trinajstić information content (AvgIpc) is 2.67. The predicted octanol–water partition coefficient (Wildman–Crippen LogP) is 4.65. The number of hydrogen-bond donors (Lipinski definition) is 0. The molecule has 0 aromatic carbocycles. The van der Waals surface area contributed by atoms with Crippen molar-refractivity contribution >= 4 is 17.5 Å². The minimum atomic E-state index is -0.424. The van der Waals surface area contributed by atoms with E-state index in [0.717, 1.165) is 24.8 Å². The van der Waals surface area contributed by atoms with E-state index in [4.69, 9.17) is 9.47 Å². The van der Waals surface area contributed by atoms with Crippen LogP contribution in [0.2, 0.25) is 0 Å². The fourth-order valence-electron chi connectivity index (χ4n) is 6.20. The first kappa shape index (κ1) is 22.9. The zero-order valence-corrected chi connectivity index (χ0v) is 19.2. The van der Waals surface area contributed by atoms with Crippen molar-refractivity contribution in [3.63, 3.8) is 0 Å². The molecule has 5 heteroatoms. The van der Waals surface area contributed by atoms with Crippen molar-refractivity contribution in [2.75, 3.05) is 6.61 Å². The van der Waals surface area contributed by atoms with Crippen LogP contribution in [0.3, 0.4) is 0 Å². The van der Waals surface area contributed by atoms with Crippen molar-refractivity contribution < 1.29 is 23.9 Å². The zero-order valence-electron chi connectivity index (χ0n) is 19.2. The number of carbonyl (C=O) groups is 3. The molecule has 3 fully saturated rings. The van der Waals surface area contributed by atoms with Gasteiger partial charge in [0.2, 0.25) is 0 Å². The molecule has 3 rings (SSSR count). The van der Waals surface area contributed by atoms with E-state index in [2.05, 4.69) is 20.8 Å². The third-order valence-corrected chi connectivity index (χ3v) is 7.64. The van der Waals surface area contributed by atoms with Crippen molar-refractivity contribution in [3.8, 4) is 0 Å². The van der Waals surface area contributed by atoms with Crippen LogP contribution in [0, 0.1) is 35.0 Å². The summed E-state index contributed by atoms with van der Waals surface area (Å²) in [5, 5.41) is 0. The van der Waals surface area contributed by atoms with E-state index in [9.17, 15) is 14.4 Å². The number of carbonyl (C=O) groups excluding carboxylic acids is 3. The fourth-order valence-corrected chi connectivity index (χ4v) is 6.20. The maximum Gasteiger partial charge on any atom is 0.335 e. The van der Waals surface area contributed by atoms with Gasteiger partial charge in [-0.1, -0.05) is 12.5 Å². The van der Waals surface area contributed by atoms with Gasteiger partial charge in [-0.2, -0.15) is 0 Å². The Kier molecular flexibility index (Phi) is 6.43. The van der Waals surface area contributed by atoms with Gasteiger partial charge < -0.3 is 14.3 Å². The maximum absolute atomic E-state index is 13.7. The smallest absolute Gasteiger partial charge is 0.335 e. The third-order valence-electron chi connectivity index (χ3n) is 7.64. The number of rotatable bonds is 5. The summed E-state index contributed by atoms with van der Waals surface area (Å²) < 4.78 is 11.4. The summed E-state index contributed by atoms with van der Waals surface area (Å²) in [5.41, 5.74) is 0.525. The van der Waals surface area contributed by atoms with E-state index in [1.807, 2.05) is 19.9 Å². The summed E-state index contributed by atoms with van der Waals surface area (Å²) >= 11 is 0. The Labute approximate surface area is 180 Å². The molecule has 1 aliphatic heterocycles. The van der Waals surface area contributed by atoms with Crippen LogP contribution in [0.25, 0.3) is 0 Å². The highest BCUT2D eigenvalue weighted by Gasteiger charge is 2.58. The van der Waals surface area contributed by atoms with E-state index in [1.165, 1.54) is 12.3 Å². The number of ketones is 2. The topological polar surface area (TPSA) is 69.7 Å². The van der Waals surface area contributed by atoms with Crippen molar-refractivity contribution in [2.24, 2.45) is 35.0 Å². The van der Waals surface area contributed by atoms with Gasteiger partial charge in [0.15, 0.2) is 0 Å². The normalized spacial score (nSPS) is 37.4. The Bertz CT molecular complexity index is 772. The zero-order chi connectivity index (χ0) is 22.3. The molecule has 30 heavy (non-hydrogen) atoms. The molecule has 0 N–H and O–H groups in total. The lowest BCUT2D eigenvalue weighted by Gasteiger charge is -2.53. The van der Waals surface area contributed by atoms with Gasteiger partial charge in [-0.05, 0) is 83.1 Å². The van der Waals surface area contributed by atoms with Gasteiger partial charge in [0.1, 0.15) is 11.6 Å². The second kappa shape index (κ2) is 8.41. The SMILES string of the molecule is CC(=O)CC1C(=O)C2COC(C)(C)C3CCC(C)(CC23)C1C=COC(=O)C=C(C)C. The number of esters is 1. The van der Waals surface area contributed by atoms with E-state index in [1.54, 1.807) is 6.92 Å². The van der Waals surface area contributed by atoms with E-state index in [-0.39, 0.29) is 46.8 Å². The molecule has 2 saturated carbocycles. The molecular formula is C25H36O5. The summed E-state index contributed by atoms with van der Waals surface area (Å²) in [5.74, 6) is -0.322. The molecule has 0 aromatic heterocycles. The van der Waals surface area contributed by atoms with E-state index in [0.29, 0.717) is 12.5 Å². The Hall–Kier alpha value is -1.75. The number of Topliss-reactive ketones (excluding diaryl/α,β-unsaturated/α-hetero) is 2. The monoisotopic (exact) mass is 416 g/mol. The molecule has 2 aliphatic carbocycles. The van der Waals surface area contributed by atoms with Gasteiger partial charge in [0, 0.05) is 24.3 Å². The molecule has 0 aromatic rings. The van der Waals surface area contributed by atoms with Crippen LogP contribution in [-0.2, 0) is 23.9 Å². The molecule has 0 spiro atoms. The second-order valence-corrected chi connectivity index (χ2v) is 10.6. The summed E-state index contributed by atoms with van der Waals surface area (Å²) in [6.07, 6.45) is 7.87. The van der Waals surface area contributed by atoms with Crippen molar-refractivity contribution in [3.05, 3.63) is 24.0 Å². The predicted molar refractivity (Wildman–Crippen MR) is 114 cm³/mol. The van der Waals surface area contributed by atoms with Gasteiger partial charge in [-0.15, -0.1) is 0 Å². The van der Waals surface area contributed by atoms with Crippen molar-refractivity contribution in [1.82, 2.24) is 0 Å². The summed E-state index contributed by atoms with van der Waals surface area (Å²) in [6.45, 7) is 12.2. The molecule has 166 valence electrons. The van der Waals surface area contributed by atoms with Gasteiger partial charge in [0.25, 0.3) is 0 Å².